The Bertz CT molecular complexity index is 1630. The number of aryl methyl sites for hydroxylation is 2. The monoisotopic (exact) mass is 888 g/mol. The maximum atomic E-state index is 2.47. The molecule has 3 aromatic carbocycles. The Labute approximate surface area is 401 Å². The number of anilines is 3. The quantitative estimate of drug-likeness (QED) is 0.180. The second kappa shape index (κ2) is 27.6. The summed E-state index contributed by atoms with van der Waals surface area (Å²) in [4.78, 5) is 11.8. The van der Waals surface area contributed by atoms with E-state index in [4.69, 9.17) is 0 Å². The average Bonchev–Trinajstić information content (AvgIpc) is 3.21. The van der Waals surface area contributed by atoms with E-state index in [0.29, 0.717) is 29.0 Å². The summed E-state index contributed by atoms with van der Waals surface area (Å²) in [6, 6.07) is 24.3. The number of hydrogen-bond acceptors (Lipinski definition) is 5. The van der Waals surface area contributed by atoms with Crippen LogP contribution in [0.5, 0.6) is 0 Å². The Kier molecular flexibility index (Phi) is 27.2. The molecule has 0 fully saturated rings. The lowest BCUT2D eigenvalue weighted by Gasteiger charge is -2.40. The van der Waals surface area contributed by atoms with Crippen LogP contribution in [0.4, 0.5) is 17.1 Å². The van der Waals surface area contributed by atoms with Crippen molar-refractivity contribution in [3.63, 3.8) is 0 Å². The van der Waals surface area contributed by atoms with Gasteiger partial charge in [-0.15, -0.1) is 0 Å². The van der Waals surface area contributed by atoms with Crippen LogP contribution in [0.1, 0.15) is 205 Å². The fourth-order valence-electron chi connectivity index (χ4n) is 7.20. The van der Waals surface area contributed by atoms with Crippen LogP contribution in [0, 0.1) is 13.8 Å². The van der Waals surface area contributed by atoms with Crippen molar-refractivity contribution in [2.75, 3.05) is 57.0 Å². The van der Waals surface area contributed by atoms with E-state index in [9.17, 15) is 0 Å². The number of benzene rings is 3. The summed E-state index contributed by atoms with van der Waals surface area (Å²) in [6.07, 6.45) is 4.93. The lowest BCUT2D eigenvalue weighted by molar-refractivity contribution is 0.0935. The molecule has 0 radical (unpaired) electrons. The topological polar surface area (TPSA) is 16.2 Å². The van der Waals surface area contributed by atoms with E-state index in [1.807, 2.05) is 6.07 Å². The van der Waals surface area contributed by atoms with Gasteiger partial charge in [0.05, 0.1) is 0 Å². The summed E-state index contributed by atoms with van der Waals surface area (Å²) >= 11 is 0. The standard InChI is InChI=1S/C17H29N.C13H21N.C11H17N.C10H23N.C8H19N/c1-12(2)14-10-9-11-15(13(3)4)16(14)18(8)17(5,6)7;1-10-8-7-9-11(2)12(10)14(6)13(3,4)5;1-11(2,3)12(4)10-8-6-5-7-9-10;1-7-10(5,8-2)11(6)9(3)4;1-6-8(3,7-2)9(4)5/h9-13H,1-8H3;7-9H,1-6H3;5-9H,1-4H3;9H,7-8H2,1-6H3;6-7H2,1-5H3. The molecular weight excluding hydrogens is 779 g/mol. The molecule has 0 atom stereocenters. The van der Waals surface area contributed by atoms with Gasteiger partial charge in [0.15, 0.2) is 0 Å². The van der Waals surface area contributed by atoms with E-state index >= 15 is 0 Å². The van der Waals surface area contributed by atoms with Crippen LogP contribution in [-0.2, 0) is 0 Å². The summed E-state index contributed by atoms with van der Waals surface area (Å²) in [5.41, 5.74) is 11.0. The summed E-state index contributed by atoms with van der Waals surface area (Å²) in [5, 5.41) is 0. The lowest BCUT2D eigenvalue weighted by atomic mass is 9.90. The molecule has 3 aromatic rings. The van der Waals surface area contributed by atoms with Gasteiger partial charge < -0.3 is 19.6 Å². The van der Waals surface area contributed by atoms with Crippen LogP contribution in [0.3, 0.4) is 0 Å². The van der Waals surface area contributed by atoms with E-state index in [2.05, 4.69) is 287 Å². The summed E-state index contributed by atoms with van der Waals surface area (Å²) in [6.45, 7) is 51.8. The molecule has 64 heavy (non-hydrogen) atoms. The van der Waals surface area contributed by atoms with Crippen molar-refractivity contribution in [1.82, 2.24) is 9.80 Å². The summed E-state index contributed by atoms with van der Waals surface area (Å²) in [5.74, 6) is 1.12. The molecule has 0 aromatic heterocycles. The van der Waals surface area contributed by atoms with E-state index < -0.39 is 0 Å². The summed E-state index contributed by atoms with van der Waals surface area (Å²) < 4.78 is 0. The normalized spacial score (nSPS) is 12.2. The van der Waals surface area contributed by atoms with Crippen LogP contribution in [0.2, 0.25) is 0 Å². The van der Waals surface area contributed by atoms with Crippen LogP contribution in [-0.4, -0.2) is 85.8 Å². The average molecular weight is 889 g/mol. The fourth-order valence-corrected chi connectivity index (χ4v) is 7.20. The lowest BCUT2D eigenvalue weighted by Crippen LogP contribution is -2.46. The van der Waals surface area contributed by atoms with Gasteiger partial charge in [-0.3, -0.25) is 4.90 Å². The molecule has 0 aliphatic heterocycles. The van der Waals surface area contributed by atoms with Crippen molar-refractivity contribution < 1.29 is 0 Å². The zero-order chi connectivity index (χ0) is 50.8. The third-order valence-electron chi connectivity index (χ3n) is 14.4. The second-order valence-corrected chi connectivity index (χ2v) is 22.9. The zero-order valence-electron chi connectivity index (χ0n) is 48.1. The molecule has 3 rings (SSSR count). The van der Waals surface area contributed by atoms with Crippen molar-refractivity contribution >= 4 is 17.1 Å². The number of para-hydroxylation sites is 3. The van der Waals surface area contributed by atoms with Crippen molar-refractivity contribution in [3.05, 3.63) is 89.0 Å². The predicted octanol–water partition coefficient (Wildman–Crippen LogP) is 16.7. The predicted molar refractivity (Wildman–Crippen MR) is 296 cm³/mol. The van der Waals surface area contributed by atoms with Gasteiger partial charge >= 0.3 is 0 Å². The molecule has 0 heterocycles. The number of nitrogens with zero attached hydrogens (tertiary/aromatic N) is 5. The van der Waals surface area contributed by atoms with Gasteiger partial charge in [-0.25, -0.2) is 0 Å². The van der Waals surface area contributed by atoms with Gasteiger partial charge in [-0.05, 0) is 197 Å². The molecule has 370 valence electrons. The van der Waals surface area contributed by atoms with Crippen LogP contribution >= 0.6 is 0 Å². The molecule has 5 nitrogen and oxygen atoms in total. The number of rotatable bonds is 12. The van der Waals surface area contributed by atoms with E-state index in [1.165, 1.54) is 65.0 Å². The van der Waals surface area contributed by atoms with Crippen molar-refractivity contribution in [2.24, 2.45) is 0 Å². The van der Waals surface area contributed by atoms with Crippen molar-refractivity contribution in [3.8, 4) is 0 Å². The Morgan fingerprint density at radius 2 is 0.734 bits per heavy atom. The zero-order valence-corrected chi connectivity index (χ0v) is 48.1. The molecule has 0 bridgehead atoms. The van der Waals surface area contributed by atoms with Crippen molar-refractivity contribution in [1.29, 1.82) is 0 Å². The molecule has 5 heteroatoms. The van der Waals surface area contributed by atoms with E-state index in [1.54, 1.807) is 0 Å². The Morgan fingerprint density at radius 1 is 0.406 bits per heavy atom. The molecule has 0 spiro atoms. The van der Waals surface area contributed by atoms with E-state index in [0.717, 1.165) is 0 Å². The van der Waals surface area contributed by atoms with Gasteiger partial charge in [0, 0.05) is 71.9 Å². The Balaban J connectivity index is 0. The molecule has 0 aliphatic carbocycles. The SMILES string of the molecule is CC(C)c1cccc(C(C)C)c1N(C)C(C)(C)C.CCC(C)(CC)N(C)C.CCC(C)(CC)N(C)C(C)C.CN(c1ccccc1)C(C)(C)C.Cc1cccc(C)c1N(C)C(C)(C)C. The summed E-state index contributed by atoms with van der Waals surface area (Å²) in [7, 11) is 13.0. The van der Waals surface area contributed by atoms with Gasteiger partial charge in [0.2, 0.25) is 0 Å². The largest absolute Gasteiger partial charge is 0.370 e. The van der Waals surface area contributed by atoms with Gasteiger partial charge in [0.25, 0.3) is 0 Å². The highest BCUT2D eigenvalue weighted by molar-refractivity contribution is 5.63. The smallest absolute Gasteiger partial charge is 0.0438 e. The van der Waals surface area contributed by atoms with Crippen LogP contribution in [0.25, 0.3) is 0 Å². The minimum Gasteiger partial charge on any atom is -0.370 e. The van der Waals surface area contributed by atoms with Crippen molar-refractivity contribution in [2.45, 2.75) is 231 Å². The first kappa shape index (κ1) is 63.1. The molecule has 0 saturated carbocycles. The second-order valence-electron chi connectivity index (χ2n) is 22.9. The highest BCUT2D eigenvalue weighted by Gasteiger charge is 2.27. The van der Waals surface area contributed by atoms with Gasteiger partial charge in [-0.2, -0.15) is 0 Å². The molecular formula is C59H109N5. The number of hydrogen-bond donors (Lipinski definition) is 0. The van der Waals surface area contributed by atoms with Crippen LogP contribution in [0.15, 0.2) is 66.7 Å². The first-order valence-electron chi connectivity index (χ1n) is 24.9. The van der Waals surface area contributed by atoms with Gasteiger partial charge in [-0.1, -0.05) is 110 Å². The minimum atomic E-state index is 0.147. The van der Waals surface area contributed by atoms with Crippen LogP contribution < -0.4 is 14.7 Å². The maximum absolute atomic E-state index is 2.47. The highest BCUT2D eigenvalue weighted by atomic mass is 15.2. The molecule has 0 unspecified atom stereocenters. The molecule has 0 amide bonds. The third-order valence-corrected chi connectivity index (χ3v) is 14.4. The maximum Gasteiger partial charge on any atom is 0.0438 e. The van der Waals surface area contributed by atoms with Gasteiger partial charge in [0.1, 0.15) is 0 Å². The molecule has 0 aliphatic rings. The molecule has 0 saturated heterocycles. The molecule has 0 N–H and O–H groups in total. The highest BCUT2D eigenvalue weighted by Crippen LogP contribution is 2.37. The van der Waals surface area contributed by atoms with E-state index in [-0.39, 0.29) is 16.6 Å². The first-order chi connectivity index (χ1) is 29.1. The first-order valence-corrected chi connectivity index (χ1v) is 24.9. The fraction of sp³-hybridized carbons (Fsp3) is 0.695. The minimum absolute atomic E-state index is 0.147. The third kappa shape index (κ3) is 20.2. The Hall–Kier alpha value is -3.02. The Morgan fingerprint density at radius 3 is 0.984 bits per heavy atom.